The molecule has 0 atom stereocenters. The van der Waals surface area contributed by atoms with Gasteiger partial charge >= 0.3 is 12.0 Å². The van der Waals surface area contributed by atoms with Gasteiger partial charge in [0.15, 0.2) is 9.84 Å². The zero-order valence-electron chi connectivity index (χ0n) is 23.1. The van der Waals surface area contributed by atoms with Gasteiger partial charge < -0.3 is 10.1 Å². The van der Waals surface area contributed by atoms with Crippen LogP contribution in [0.2, 0.25) is 0 Å². The molecular formula is C30H34N2O7S2. The highest BCUT2D eigenvalue weighted by molar-refractivity contribution is 7.90. The summed E-state index contributed by atoms with van der Waals surface area (Å²) in [5, 5.41) is 2.43. The van der Waals surface area contributed by atoms with Gasteiger partial charge in [0.05, 0.1) is 27.7 Å². The smallest absolute Gasteiger partial charge is 0.338 e. The minimum atomic E-state index is -4.21. The summed E-state index contributed by atoms with van der Waals surface area (Å²) in [6.45, 7) is 3.92. The number of hydrogen-bond acceptors (Lipinski definition) is 7. The number of amides is 2. The van der Waals surface area contributed by atoms with Crippen molar-refractivity contribution in [1.82, 2.24) is 4.72 Å². The number of sulfone groups is 1. The molecule has 1 aliphatic carbocycles. The summed E-state index contributed by atoms with van der Waals surface area (Å²) in [4.78, 5) is 25.7. The number of ether oxygens (including phenoxy) is 1. The van der Waals surface area contributed by atoms with E-state index in [4.69, 9.17) is 4.74 Å². The number of nitrogens with one attached hydrogen (secondary N) is 2. The normalized spacial score (nSPS) is 14.3. The number of benzene rings is 3. The van der Waals surface area contributed by atoms with Crippen molar-refractivity contribution in [3.63, 3.8) is 0 Å². The molecule has 9 nitrogen and oxygen atoms in total. The van der Waals surface area contributed by atoms with Gasteiger partial charge in [0.2, 0.25) is 0 Å². The van der Waals surface area contributed by atoms with Crippen molar-refractivity contribution in [3.05, 3.63) is 89.0 Å². The van der Waals surface area contributed by atoms with Crippen molar-refractivity contribution < 1.29 is 31.2 Å². The lowest BCUT2D eigenvalue weighted by Crippen LogP contribution is -2.34. The highest BCUT2D eigenvalue weighted by atomic mass is 32.2. The third kappa shape index (κ3) is 8.17. The van der Waals surface area contributed by atoms with E-state index < -0.39 is 37.6 Å². The molecule has 218 valence electrons. The van der Waals surface area contributed by atoms with E-state index in [9.17, 15) is 26.4 Å². The number of urea groups is 1. The summed E-state index contributed by atoms with van der Waals surface area (Å²) in [6.07, 6.45) is 5.35. The van der Waals surface area contributed by atoms with E-state index >= 15 is 0 Å². The molecule has 4 rings (SSSR count). The van der Waals surface area contributed by atoms with Gasteiger partial charge in [0, 0.05) is 5.69 Å². The highest BCUT2D eigenvalue weighted by Crippen LogP contribution is 2.27. The molecule has 0 heterocycles. The van der Waals surface area contributed by atoms with Crippen LogP contribution >= 0.6 is 0 Å². The Bertz CT molecular complexity index is 1610. The standard InChI is InChI=1S/C30H34N2O7S2/c1-21-8-14-26(15-9-21)40(35,36)20-25-13-12-24(29(33)39-19-23-6-4-3-5-7-23)18-28(25)31-30(34)32-41(37,38)27-16-10-22(2)11-17-27/h8-18,23H,3-7,19-20H2,1-2H3,(H2,31,32,34). The molecule has 3 aromatic carbocycles. The van der Waals surface area contributed by atoms with Crippen LogP contribution in [0.5, 0.6) is 0 Å². The summed E-state index contributed by atoms with van der Waals surface area (Å²) in [7, 11) is -8.05. The maximum absolute atomic E-state index is 13.2. The number of hydrogen-bond donors (Lipinski definition) is 2. The maximum Gasteiger partial charge on any atom is 0.338 e. The molecule has 0 bridgehead atoms. The Hall–Kier alpha value is -3.70. The first-order valence-electron chi connectivity index (χ1n) is 13.4. The van der Waals surface area contributed by atoms with Crippen LogP contribution in [-0.2, 0) is 30.4 Å². The molecule has 0 unspecified atom stereocenters. The Morgan fingerprint density at radius 2 is 1.39 bits per heavy atom. The van der Waals surface area contributed by atoms with Crippen LogP contribution in [0.3, 0.4) is 0 Å². The molecule has 2 amide bonds. The van der Waals surface area contributed by atoms with Gasteiger partial charge in [-0.2, -0.15) is 0 Å². The lowest BCUT2D eigenvalue weighted by atomic mass is 9.90. The Kier molecular flexibility index (Phi) is 9.49. The van der Waals surface area contributed by atoms with E-state index in [2.05, 4.69) is 5.32 Å². The van der Waals surface area contributed by atoms with Crippen LogP contribution in [-0.4, -0.2) is 35.4 Å². The third-order valence-electron chi connectivity index (χ3n) is 7.05. The first-order valence-corrected chi connectivity index (χ1v) is 16.6. The van der Waals surface area contributed by atoms with Gasteiger partial charge in [-0.25, -0.2) is 31.1 Å². The van der Waals surface area contributed by atoms with Gasteiger partial charge in [0.1, 0.15) is 0 Å². The van der Waals surface area contributed by atoms with Crippen LogP contribution in [0.15, 0.2) is 76.5 Å². The molecule has 3 aromatic rings. The predicted molar refractivity (Wildman–Crippen MR) is 156 cm³/mol. The van der Waals surface area contributed by atoms with Crippen molar-refractivity contribution in [2.45, 2.75) is 61.5 Å². The number of esters is 1. The van der Waals surface area contributed by atoms with Gasteiger partial charge in [0.25, 0.3) is 10.0 Å². The fourth-order valence-electron chi connectivity index (χ4n) is 4.66. The molecule has 41 heavy (non-hydrogen) atoms. The van der Waals surface area contributed by atoms with Crippen LogP contribution in [0.1, 0.15) is 59.2 Å². The lowest BCUT2D eigenvalue weighted by molar-refractivity contribution is 0.0410. The molecule has 1 fully saturated rings. The highest BCUT2D eigenvalue weighted by Gasteiger charge is 2.23. The fraction of sp³-hybridized carbons (Fsp3) is 0.333. The lowest BCUT2D eigenvalue weighted by Gasteiger charge is -2.21. The van der Waals surface area contributed by atoms with Crippen LogP contribution in [0, 0.1) is 19.8 Å². The zero-order chi connectivity index (χ0) is 29.6. The molecular weight excluding hydrogens is 564 g/mol. The Morgan fingerprint density at radius 1 is 0.805 bits per heavy atom. The second-order valence-corrected chi connectivity index (χ2v) is 14.1. The number of carbonyl (C=O) groups excluding carboxylic acids is 2. The minimum Gasteiger partial charge on any atom is -0.462 e. The number of carbonyl (C=O) groups is 2. The molecule has 0 saturated heterocycles. The number of aryl methyl sites for hydroxylation is 2. The first-order chi connectivity index (χ1) is 19.4. The quantitative estimate of drug-likeness (QED) is 0.309. The molecule has 0 aliphatic heterocycles. The number of sulfonamides is 1. The van der Waals surface area contributed by atoms with Crippen LogP contribution in [0.4, 0.5) is 10.5 Å². The number of anilines is 1. The SMILES string of the molecule is Cc1ccc(S(=O)(=O)Cc2ccc(C(=O)OCC3CCCCC3)cc2NC(=O)NS(=O)(=O)c2ccc(C)cc2)cc1. The summed E-state index contributed by atoms with van der Waals surface area (Å²) in [5.41, 5.74) is 2.00. The molecule has 1 saturated carbocycles. The van der Waals surface area contributed by atoms with Crippen molar-refractivity contribution in [2.24, 2.45) is 5.92 Å². The van der Waals surface area contributed by atoms with E-state index in [-0.39, 0.29) is 33.2 Å². The Balaban J connectivity index is 1.58. The summed E-state index contributed by atoms with van der Waals surface area (Å²) in [5.74, 6) is -0.811. The maximum atomic E-state index is 13.2. The molecule has 0 aromatic heterocycles. The summed E-state index contributed by atoms with van der Waals surface area (Å²) >= 11 is 0. The van der Waals surface area contributed by atoms with E-state index in [0.29, 0.717) is 5.92 Å². The van der Waals surface area contributed by atoms with E-state index in [1.54, 1.807) is 31.2 Å². The van der Waals surface area contributed by atoms with Crippen LogP contribution < -0.4 is 10.0 Å². The average Bonchev–Trinajstić information content (AvgIpc) is 2.93. The Morgan fingerprint density at radius 3 is 2.00 bits per heavy atom. The zero-order valence-corrected chi connectivity index (χ0v) is 24.7. The molecule has 0 spiro atoms. The van der Waals surface area contributed by atoms with Gasteiger partial charge in [-0.1, -0.05) is 60.7 Å². The second kappa shape index (κ2) is 12.9. The molecule has 0 radical (unpaired) electrons. The number of rotatable bonds is 9. The van der Waals surface area contributed by atoms with Gasteiger partial charge in [-0.3, -0.25) is 0 Å². The second-order valence-electron chi connectivity index (χ2n) is 10.4. The predicted octanol–water partition coefficient (Wildman–Crippen LogP) is 5.52. The monoisotopic (exact) mass is 598 g/mol. The van der Waals surface area contributed by atoms with Gasteiger partial charge in [-0.15, -0.1) is 0 Å². The summed E-state index contributed by atoms with van der Waals surface area (Å²) < 4.78 is 59.3. The van der Waals surface area contributed by atoms with Crippen molar-refractivity contribution >= 4 is 37.5 Å². The summed E-state index contributed by atoms with van der Waals surface area (Å²) in [6, 6.07) is 15.4. The van der Waals surface area contributed by atoms with E-state index in [1.807, 2.05) is 11.6 Å². The molecule has 11 heteroatoms. The molecule has 1 aliphatic rings. The van der Waals surface area contributed by atoms with Gasteiger partial charge in [-0.05, 0) is 74.6 Å². The van der Waals surface area contributed by atoms with Crippen LogP contribution in [0.25, 0.3) is 0 Å². The molecule has 2 N–H and O–H groups in total. The van der Waals surface area contributed by atoms with E-state index in [1.165, 1.54) is 48.9 Å². The first kappa shape index (κ1) is 30.3. The fourth-order valence-corrected chi connectivity index (χ4v) is 6.94. The van der Waals surface area contributed by atoms with Crippen molar-refractivity contribution in [1.29, 1.82) is 0 Å². The van der Waals surface area contributed by atoms with Crippen molar-refractivity contribution in [3.8, 4) is 0 Å². The average molecular weight is 599 g/mol. The van der Waals surface area contributed by atoms with E-state index in [0.717, 1.165) is 36.8 Å². The minimum absolute atomic E-state index is 0.0237. The van der Waals surface area contributed by atoms with Crippen molar-refractivity contribution in [2.75, 3.05) is 11.9 Å². The Labute approximate surface area is 241 Å². The third-order valence-corrected chi connectivity index (χ3v) is 10.1. The largest absolute Gasteiger partial charge is 0.462 e. The topological polar surface area (TPSA) is 136 Å².